The van der Waals surface area contributed by atoms with Gasteiger partial charge < -0.3 is 22.1 Å². The van der Waals surface area contributed by atoms with Gasteiger partial charge in [0.25, 0.3) is 11.8 Å². The molecule has 0 radical (unpaired) electrons. The predicted molar refractivity (Wildman–Crippen MR) is 270 cm³/mol. The van der Waals surface area contributed by atoms with E-state index < -0.39 is 77.5 Å². The van der Waals surface area contributed by atoms with Crippen LogP contribution in [0.4, 0.5) is 37.3 Å². The number of likely N-dealkylation sites (tertiary alicyclic amines) is 2. The minimum absolute atomic E-state index is 0.101. The van der Waals surface area contributed by atoms with Gasteiger partial charge in [0.2, 0.25) is 11.8 Å². The molecule has 21 heteroatoms. The number of benzene rings is 2. The van der Waals surface area contributed by atoms with Crippen molar-refractivity contribution in [3.8, 4) is 0 Å². The number of nitrogens with one attached hydrogen (secondary N) is 2. The van der Waals surface area contributed by atoms with Crippen LogP contribution in [0, 0.1) is 31.5 Å². The van der Waals surface area contributed by atoms with Crippen LogP contribution in [0.2, 0.25) is 0 Å². The number of β-lactam (4-membered cyclic amide) rings is 2. The van der Waals surface area contributed by atoms with Gasteiger partial charge in [0.1, 0.15) is 29.5 Å². The number of pyridine rings is 2. The third-order valence-corrected chi connectivity index (χ3v) is 13.6. The first-order valence-electron chi connectivity index (χ1n) is 24.0. The van der Waals surface area contributed by atoms with Crippen molar-refractivity contribution in [2.45, 2.75) is 83.6 Å². The van der Waals surface area contributed by atoms with Crippen LogP contribution in [-0.4, -0.2) is 101 Å². The van der Waals surface area contributed by atoms with E-state index in [1.54, 1.807) is 97.4 Å². The number of nitrogen functional groups attached to an aromatic ring is 2. The number of hydrogen-bond donors (Lipinski definition) is 4. The first-order chi connectivity index (χ1) is 34.9. The van der Waals surface area contributed by atoms with E-state index in [1.165, 1.54) is 35.3 Å². The third-order valence-electron chi connectivity index (χ3n) is 13.6. The van der Waals surface area contributed by atoms with E-state index in [9.17, 15) is 33.2 Å². The fourth-order valence-corrected chi connectivity index (χ4v) is 9.62. The Balaban J connectivity index is 0.980. The van der Waals surface area contributed by atoms with E-state index >= 15 is 0 Å². The molecular formula is C52H59FN14O6. The highest BCUT2D eigenvalue weighted by Crippen LogP contribution is 2.36. The zero-order valence-corrected chi connectivity index (χ0v) is 41.5. The van der Waals surface area contributed by atoms with Gasteiger partial charge in [0, 0.05) is 70.2 Å². The molecule has 0 unspecified atom stereocenters. The molecule has 0 aliphatic carbocycles. The zero-order valence-electron chi connectivity index (χ0n) is 41.5. The molecule has 2 aromatic carbocycles. The summed E-state index contributed by atoms with van der Waals surface area (Å²) in [5, 5.41) is 14.9. The Morgan fingerprint density at radius 3 is 1.79 bits per heavy atom. The van der Waals surface area contributed by atoms with Crippen molar-refractivity contribution in [2.24, 2.45) is 18.9 Å². The molecule has 8 amide bonds. The number of aromatic nitrogens is 6. The molecule has 2 aliphatic rings. The van der Waals surface area contributed by atoms with E-state index in [2.05, 4.69) is 30.8 Å². The lowest BCUT2D eigenvalue weighted by atomic mass is 9.81. The van der Waals surface area contributed by atoms with Crippen LogP contribution in [0.3, 0.4) is 0 Å². The summed E-state index contributed by atoms with van der Waals surface area (Å²) in [4.78, 5) is 97.4. The molecule has 0 spiro atoms. The fourth-order valence-electron chi connectivity index (χ4n) is 9.62. The first-order valence-corrected chi connectivity index (χ1v) is 24.0. The van der Waals surface area contributed by atoms with Gasteiger partial charge in [-0.25, -0.2) is 23.9 Å². The lowest BCUT2D eigenvalue weighted by Gasteiger charge is -2.45. The summed E-state index contributed by atoms with van der Waals surface area (Å²) in [5.41, 5.74) is 16.2. The molecule has 4 aromatic heterocycles. The minimum Gasteiger partial charge on any atom is -0.384 e. The average Bonchev–Trinajstić information content (AvgIpc) is 4.03. The molecule has 6 heterocycles. The highest BCUT2D eigenvalue weighted by molar-refractivity contribution is 6.13. The molecule has 6 N–H and O–H groups in total. The van der Waals surface area contributed by atoms with E-state index in [-0.39, 0.29) is 35.9 Å². The van der Waals surface area contributed by atoms with Gasteiger partial charge in [-0.3, -0.25) is 48.1 Å². The van der Waals surface area contributed by atoms with Crippen LogP contribution in [0.1, 0.15) is 71.7 Å². The van der Waals surface area contributed by atoms with Crippen LogP contribution < -0.4 is 31.9 Å². The maximum absolute atomic E-state index is 14.8. The summed E-state index contributed by atoms with van der Waals surface area (Å²) in [6.07, 6.45) is 7.83. The van der Waals surface area contributed by atoms with E-state index in [0.717, 1.165) is 26.5 Å². The first kappa shape index (κ1) is 50.9. The SMILES string of the molecule is CC[C@@H](NC(=O)N1C(=O)[C@H](Cc2ccnc(N)c2)[C@H]1C(=O)N(C)c1ccn(CCC[C@@H](NC(=O)N2C(=O)[C@H](Cc3ccnc(N)c3)[C@H]2C(=O)N(C)c2ccn(C)n2)c2cc(C)ccc2C)n1)c1ccccc1F. The van der Waals surface area contributed by atoms with Crippen molar-refractivity contribution in [1.29, 1.82) is 0 Å². The zero-order chi connectivity index (χ0) is 52.2. The number of nitrogens with zero attached hydrogens (tertiary/aromatic N) is 10. The smallest absolute Gasteiger partial charge is 0.325 e. The Hall–Kier alpha value is -8.49. The molecule has 380 valence electrons. The van der Waals surface area contributed by atoms with Crippen LogP contribution in [0.5, 0.6) is 0 Å². The Morgan fingerprint density at radius 1 is 0.712 bits per heavy atom. The number of halogens is 1. The highest BCUT2D eigenvalue weighted by Gasteiger charge is 2.57. The summed E-state index contributed by atoms with van der Waals surface area (Å²) in [6, 6.07) is 16.6. The quantitative estimate of drug-likeness (QED) is 0.0863. The number of likely N-dealkylation sites (N-methyl/N-ethyl adjacent to an activating group) is 2. The fraction of sp³-hybridized carbons (Fsp3) is 0.346. The Bertz CT molecular complexity index is 3070. The Morgan fingerprint density at radius 2 is 1.26 bits per heavy atom. The number of aryl methyl sites for hydroxylation is 4. The number of hydrogen-bond acceptors (Lipinski definition) is 12. The normalized spacial score (nSPS) is 18.1. The molecule has 2 saturated heterocycles. The van der Waals surface area contributed by atoms with Crippen molar-refractivity contribution in [3.05, 3.63) is 143 Å². The van der Waals surface area contributed by atoms with Crippen molar-refractivity contribution < 1.29 is 33.2 Å². The molecule has 6 atom stereocenters. The largest absolute Gasteiger partial charge is 0.384 e. The number of amides is 8. The maximum Gasteiger partial charge on any atom is 0.325 e. The lowest BCUT2D eigenvalue weighted by molar-refractivity contribution is -0.156. The van der Waals surface area contributed by atoms with Crippen molar-refractivity contribution in [2.75, 3.05) is 35.4 Å². The number of imide groups is 2. The van der Waals surface area contributed by atoms with Crippen molar-refractivity contribution in [1.82, 2.24) is 50.0 Å². The van der Waals surface area contributed by atoms with E-state index in [1.807, 2.05) is 32.0 Å². The summed E-state index contributed by atoms with van der Waals surface area (Å²) >= 11 is 0. The molecular weight excluding hydrogens is 936 g/mol. The number of nitrogens with two attached hydrogens (primary N) is 2. The van der Waals surface area contributed by atoms with Crippen LogP contribution in [-0.2, 0) is 45.6 Å². The van der Waals surface area contributed by atoms with Crippen LogP contribution in [0.15, 0.2) is 104 Å². The van der Waals surface area contributed by atoms with Crippen LogP contribution >= 0.6 is 0 Å². The summed E-state index contributed by atoms with van der Waals surface area (Å²) in [5.74, 6) is -3.35. The van der Waals surface area contributed by atoms with Crippen molar-refractivity contribution in [3.63, 3.8) is 0 Å². The number of urea groups is 2. The van der Waals surface area contributed by atoms with Crippen LogP contribution in [0.25, 0.3) is 0 Å². The minimum atomic E-state index is -1.23. The standard InChI is InChI=1S/C52H59FN14O6/c1-7-39(34-11-8-9-12-38(34)53)58-51(72)66-46(37(47(66)68)27-33-17-21-57-42(55)29-33)50(71)64(6)44-19-24-65(61-44)22-10-13-40(35-25-30(2)14-15-31(35)3)59-52(73)67-45(49(70)63(5)43-18-23-62(4)60-43)36(48(67)69)26-32-16-20-56-41(54)28-32/h8-9,11-12,14-21,23-25,28-29,36-37,39-40,45-46H,7,10,13,22,26-27H2,1-6H3,(H2,54,56)(H2,55,57)(H,58,72)(H,59,73)/t36-,37-,39-,40-,45+,46+/m1/s1. The lowest BCUT2D eigenvalue weighted by Crippen LogP contribution is -2.70. The molecule has 6 aromatic rings. The second kappa shape index (κ2) is 21.5. The van der Waals surface area contributed by atoms with E-state index in [4.69, 9.17) is 11.5 Å². The molecule has 2 fully saturated rings. The predicted octanol–water partition coefficient (Wildman–Crippen LogP) is 5.18. The topological polar surface area (TPSA) is 253 Å². The van der Waals surface area contributed by atoms with Crippen molar-refractivity contribution >= 4 is 59.0 Å². The van der Waals surface area contributed by atoms with Gasteiger partial charge in [-0.1, -0.05) is 48.9 Å². The number of rotatable bonds is 17. The maximum atomic E-state index is 14.8. The number of carbonyl (C=O) groups is 6. The second-order valence-corrected chi connectivity index (χ2v) is 18.6. The number of carbonyl (C=O) groups excluding carboxylic acids is 6. The summed E-state index contributed by atoms with van der Waals surface area (Å²) < 4.78 is 18.0. The third kappa shape index (κ3) is 10.7. The van der Waals surface area contributed by atoms with Gasteiger partial charge in [-0.2, -0.15) is 10.2 Å². The molecule has 2 aliphatic heterocycles. The van der Waals surface area contributed by atoms with Gasteiger partial charge >= 0.3 is 12.1 Å². The summed E-state index contributed by atoms with van der Waals surface area (Å²) in [6.45, 7) is 5.99. The Kier molecular flexibility index (Phi) is 15.0. The summed E-state index contributed by atoms with van der Waals surface area (Å²) in [7, 11) is 4.78. The van der Waals surface area contributed by atoms with E-state index in [0.29, 0.717) is 42.8 Å². The molecule has 20 nitrogen and oxygen atoms in total. The second-order valence-electron chi connectivity index (χ2n) is 18.6. The monoisotopic (exact) mass is 994 g/mol. The molecule has 0 saturated carbocycles. The average molecular weight is 995 g/mol. The number of anilines is 4. The molecule has 8 rings (SSSR count). The highest BCUT2D eigenvalue weighted by atomic mass is 19.1. The van der Waals surface area contributed by atoms with Gasteiger partial charge in [0.05, 0.1) is 23.9 Å². The van der Waals surface area contributed by atoms with Gasteiger partial charge in [-0.05, 0) is 98.5 Å². The van der Waals surface area contributed by atoms with Gasteiger partial charge in [0.15, 0.2) is 11.6 Å². The Labute approximate surface area is 421 Å². The van der Waals surface area contributed by atoms with Gasteiger partial charge in [-0.15, -0.1) is 0 Å². The molecule has 73 heavy (non-hydrogen) atoms. The molecule has 0 bridgehead atoms.